The second-order valence-electron chi connectivity index (χ2n) is 5.81. The van der Waals surface area contributed by atoms with Gasteiger partial charge in [0.05, 0.1) is 19.1 Å². The molecule has 25 heavy (non-hydrogen) atoms. The van der Waals surface area contributed by atoms with Gasteiger partial charge in [-0.3, -0.25) is 4.79 Å². The fourth-order valence-corrected chi connectivity index (χ4v) is 4.28. The molecule has 138 valence electrons. The summed E-state index contributed by atoms with van der Waals surface area (Å²) >= 11 is 0. The summed E-state index contributed by atoms with van der Waals surface area (Å²) in [5.74, 6) is 0.921. The van der Waals surface area contributed by atoms with Crippen LogP contribution in [-0.4, -0.2) is 52.5 Å². The van der Waals surface area contributed by atoms with Crippen LogP contribution in [0.1, 0.15) is 12.8 Å². The van der Waals surface area contributed by atoms with Crippen LogP contribution in [-0.2, 0) is 14.8 Å². The third-order valence-electron chi connectivity index (χ3n) is 4.32. The van der Waals surface area contributed by atoms with Gasteiger partial charge in [0, 0.05) is 25.7 Å². The smallest absolute Gasteiger partial charge is 0.243 e. The fourth-order valence-electron chi connectivity index (χ4n) is 2.80. The first-order valence-corrected chi connectivity index (χ1v) is 9.48. The second kappa shape index (κ2) is 8.35. The molecule has 0 saturated carbocycles. The van der Waals surface area contributed by atoms with E-state index in [4.69, 9.17) is 9.47 Å². The molecule has 1 aliphatic rings. The number of sulfonamides is 1. The molecular weight excluding hydrogens is 344 g/mol. The van der Waals surface area contributed by atoms with Crippen LogP contribution >= 0.6 is 0 Å². The Kier molecular flexibility index (Phi) is 6.44. The van der Waals surface area contributed by atoms with E-state index < -0.39 is 10.0 Å². The highest BCUT2D eigenvalue weighted by Crippen LogP contribution is 2.31. The Balaban J connectivity index is 2.04. The second-order valence-corrected chi connectivity index (χ2v) is 7.75. The molecule has 1 amide bonds. The lowest BCUT2D eigenvalue weighted by Gasteiger charge is -2.31. The van der Waals surface area contributed by atoms with Crippen LogP contribution in [0, 0.1) is 5.92 Å². The maximum absolute atomic E-state index is 12.8. The number of hydrogen-bond acceptors (Lipinski definition) is 5. The molecule has 1 aromatic rings. The zero-order valence-electron chi connectivity index (χ0n) is 14.5. The van der Waals surface area contributed by atoms with Gasteiger partial charge in [-0.2, -0.15) is 4.31 Å². The summed E-state index contributed by atoms with van der Waals surface area (Å²) < 4.78 is 37.4. The molecule has 1 N–H and O–H groups in total. The maximum Gasteiger partial charge on any atom is 0.243 e. The van der Waals surface area contributed by atoms with Crippen LogP contribution < -0.4 is 14.8 Å². The topological polar surface area (TPSA) is 84.9 Å². The van der Waals surface area contributed by atoms with Crippen LogP contribution in [0.2, 0.25) is 0 Å². The fraction of sp³-hybridized carbons (Fsp3) is 0.471. The zero-order valence-corrected chi connectivity index (χ0v) is 15.3. The van der Waals surface area contributed by atoms with Crippen molar-refractivity contribution in [1.82, 2.24) is 9.62 Å². The monoisotopic (exact) mass is 368 g/mol. The van der Waals surface area contributed by atoms with Crippen molar-refractivity contribution in [3.05, 3.63) is 30.9 Å². The Morgan fingerprint density at radius 3 is 2.48 bits per heavy atom. The van der Waals surface area contributed by atoms with Crippen molar-refractivity contribution in [2.75, 3.05) is 33.9 Å². The highest BCUT2D eigenvalue weighted by atomic mass is 32.2. The number of amides is 1. The summed E-state index contributed by atoms with van der Waals surface area (Å²) in [5, 5.41) is 2.76. The molecule has 0 unspecified atom stereocenters. The summed E-state index contributed by atoms with van der Waals surface area (Å²) in [7, 11) is -0.613. The SMILES string of the molecule is C=CC(=O)NCC1CCN(S(=O)(=O)c2ccc(OC)c(OC)c2)CC1. The molecule has 1 aromatic carbocycles. The quantitative estimate of drug-likeness (QED) is 0.736. The summed E-state index contributed by atoms with van der Waals surface area (Å²) in [6, 6.07) is 4.58. The van der Waals surface area contributed by atoms with E-state index in [1.165, 1.54) is 36.7 Å². The number of methoxy groups -OCH3 is 2. The molecular formula is C17H24N2O5S. The van der Waals surface area contributed by atoms with Crippen LogP contribution in [0.3, 0.4) is 0 Å². The van der Waals surface area contributed by atoms with E-state index in [2.05, 4.69) is 11.9 Å². The van der Waals surface area contributed by atoms with Gasteiger partial charge in [-0.15, -0.1) is 0 Å². The molecule has 8 heteroatoms. The molecule has 1 fully saturated rings. The Morgan fingerprint density at radius 2 is 1.92 bits per heavy atom. The molecule has 1 saturated heterocycles. The number of carbonyl (C=O) groups is 1. The number of benzene rings is 1. The minimum absolute atomic E-state index is 0.184. The molecule has 0 spiro atoms. The van der Waals surface area contributed by atoms with E-state index in [0.717, 1.165) is 0 Å². The third kappa shape index (κ3) is 4.52. The maximum atomic E-state index is 12.8. The van der Waals surface area contributed by atoms with E-state index in [0.29, 0.717) is 44.0 Å². The minimum atomic E-state index is -3.58. The van der Waals surface area contributed by atoms with Crippen molar-refractivity contribution in [2.24, 2.45) is 5.92 Å². The highest BCUT2D eigenvalue weighted by Gasteiger charge is 2.30. The Labute approximate surface area is 148 Å². The van der Waals surface area contributed by atoms with Gasteiger partial charge in [0.1, 0.15) is 0 Å². The molecule has 1 heterocycles. The molecule has 0 bridgehead atoms. The molecule has 2 rings (SSSR count). The number of rotatable bonds is 7. The minimum Gasteiger partial charge on any atom is -0.493 e. The van der Waals surface area contributed by atoms with Gasteiger partial charge in [-0.1, -0.05) is 6.58 Å². The Morgan fingerprint density at radius 1 is 1.28 bits per heavy atom. The predicted molar refractivity (Wildman–Crippen MR) is 94.2 cm³/mol. The van der Waals surface area contributed by atoms with Gasteiger partial charge in [0.15, 0.2) is 11.5 Å². The Hall–Kier alpha value is -2.06. The van der Waals surface area contributed by atoms with Gasteiger partial charge in [-0.05, 0) is 37.0 Å². The predicted octanol–water partition coefficient (Wildman–Crippen LogP) is 1.41. The first-order valence-electron chi connectivity index (χ1n) is 8.04. The summed E-state index contributed by atoms with van der Waals surface area (Å²) in [6.45, 7) is 4.79. The average molecular weight is 368 g/mol. The Bertz CT molecular complexity index is 725. The van der Waals surface area contributed by atoms with Gasteiger partial charge in [0.25, 0.3) is 0 Å². The highest BCUT2D eigenvalue weighted by molar-refractivity contribution is 7.89. The lowest BCUT2D eigenvalue weighted by atomic mass is 9.98. The average Bonchev–Trinajstić information content (AvgIpc) is 2.65. The van der Waals surface area contributed by atoms with E-state index in [-0.39, 0.29) is 16.7 Å². The van der Waals surface area contributed by atoms with Crippen molar-refractivity contribution >= 4 is 15.9 Å². The van der Waals surface area contributed by atoms with Crippen LogP contribution in [0.5, 0.6) is 11.5 Å². The lowest BCUT2D eigenvalue weighted by Crippen LogP contribution is -2.41. The molecule has 1 aliphatic heterocycles. The van der Waals surface area contributed by atoms with Crippen molar-refractivity contribution in [1.29, 1.82) is 0 Å². The first kappa shape index (κ1) is 19.3. The van der Waals surface area contributed by atoms with Crippen LogP contribution in [0.25, 0.3) is 0 Å². The number of carbonyl (C=O) groups excluding carboxylic acids is 1. The third-order valence-corrected chi connectivity index (χ3v) is 6.21. The van der Waals surface area contributed by atoms with E-state index in [9.17, 15) is 13.2 Å². The molecule has 0 aliphatic carbocycles. The number of piperidine rings is 1. The van der Waals surface area contributed by atoms with Gasteiger partial charge in [-0.25, -0.2) is 8.42 Å². The number of nitrogens with one attached hydrogen (secondary N) is 1. The van der Waals surface area contributed by atoms with Crippen LogP contribution in [0.15, 0.2) is 35.7 Å². The van der Waals surface area contributed by atoms with E-state index in [1.54, 1.807) is 6.07 Å². The number of ether oxygens (including phenoxy) is 2. The van der Waals surface area contributed by atoms with Gasteiger partial charge < -0.3 is 14.8 Å². The van der Waals surface area contributed by atoms with Gasteiger partial charge in [0.2, 0.25) is 15.9 Å². The number of nitrogens with zero attached hydrogens (tertiary/aromatic N) is 1. The van der Waals surface area contributed by atoms with Crippen molar-refractivity contribution < 1.29 is 22.7 Å². The van der Waals surface area contributed by atoms with Crippen molar-refractivity contribution in [3.8, 4) is 11.5 Å². The summed E-state index contributed by atoms with van der Waals surface area (Å²) in [6.07, 6.45) is 2.63. The van der Waals surface area contributed by atoms with Crippen molar-refractivity contribution in [2.45, 2.75) is 17.7 Å². The lowest BCUT2D eigenvalue weighted by molar-refractivity contribution is -0.116. The van der Waals surface area contributed by atoms with Gasteiger partial charge >= 0.3 is 0 Å². The van der Waals surface area contributed by atoms with E-state index in [1.807, 2.05) is 0 Å². The zero-order chi connectivity index (χ0) is 18.4. The standard InChI is InChI=1S/C17H24N2O5S/c1-4-17(20)18-12-13-7-9-19(10-8-13)25(21,22)14-5-6-15(23-2)16(11-14)24-3/h4-6,11,13H,1,7-10,12H2,2-3H3,(H,18,20). The van der Waals surface area contributed by atoms with Crippen LogP contribution in [0.4, 0.5) is 0 Å². The molecule has 0 aromatic heterocycles. The molecule has 0 radical (unpaired) electrons. The van der Waals surface area contributed by atoms with E-state index >= 15 is 0 Å². The number of hydrogen-bond donors (Lipinski definition) is 1. The van der Waals surface area contributed by atoms with Crippen molar-refractivity contribution in [3.63, 3.8) is 0 Å². The summed E-state index contributed by atoms with van der Waals surface area (Å²) in [5.41, 5.74) is 0. The largest absolute Gasteiger partial charge is 0.493 e. The first-order chi connectivity index (χ1) is 11.9. The summed E-state index contributed by atoms with van der Waals surface area (Å²) in [4.78, 5) is 11.4. The normalized spacial score (nSPS) is 16.2. The molecule has 0 atom stereocenters. The molecule has 7 nitrogen and oxygen atoms in total.